The molecule has 1 aliphatic heterocycles. The third-order valence-corrected chi connectivity index (χ3v) is 6.53. The van der Waals surface area contributed by atoms with Gasteiger partial charge >= 0.3 is 6.03 Å². The van der Waals surface area contributed by atoms with Gasteiger partial charge in [0.15, 0.2) is 0 Å². The van der Waals surface area contributed by atoms with Gasteiger partial charge in [0.1, 0.15) is 11.3 Å². The van der Waals surface area contributed by atoms with Gasteiger partial charge in [-0.3, -0.25) is 14.5 Å². The Bertz CT molecular complexity index is 1030. The lowest BCUT2D eigenvalue weighted by Crippen LogP contribution is -2.44. The van der Waals surface area contributed by atoms with Gasteiger partial charge < -0.3 is 15.0 Å². The van der Waals surface area contributed by atoms with Crippen LogP contribution in [0.2, 0.25) is 0 Å². The third kappa shape index (κ3) is 4.16. The van der Waals surface area contributed by atoms with Crippen molar-refractivity contribution < 1.29 is 19.1 Å². The number of fused-ring (bicyclic) bond motifs is 1. The molecular formula is C25H31N3O4. The van der Waals surface area contributed by atoms with Crippen LogP contribution in [0, 0.1) is 0 Å². The Kier molecular flexibility index (Phi) is 6.35. The number of urea groups is 1. The monoisotopic (exact) mass is 437 g/mol. The van der Waals surface area contributed by atoms with Crippen molar-refractivity contribution in [1.82, 2.24) is 15.1 Å². The smallest absolute Gasteiger partial charge is 0.325 e. The number of hydrogen-bond acceptors (Lipinski definition) is 4. The van der Waals surface area contributed by atoms with Crippen molar-refractivity contribution in [2.75, 3.05) is 20.2 Å². The zero-order valence-corrected chi connectivity index (χ0v) is 18.9. The van der Waals surface area contributed by atoms with Gasteiger partial charge in [-0.15, -0.1) is 0 Å². The molecule has 0 aromatic heterocycles. The van der Waals surface area contributed by atoms with Crippen LogP contribution in [0.4, 0.5) is 4.79 Å². The van der Waals surface area contributed by atoms with Gasteiger partial charge in [-0.05, 0) is 36.1 Å². The zero-order valence-electron chi connectivity index (χ0n) is 18.9. The fourth-order valence-corrected chi connectivity index (χ4v) is 4.75. The summed E-state index contributed by atoms with van der Waals surface area (Å²) in [5, 5.41) is 5.01. The lowest BCUT2D eigenvalue weighted by molar-refractivity contribution is -0.133. The van der Waals surface area contributed by atoms with E-state index >= 15 is 0 Å². The molecule has 2 aromatic carbocycles. The molecule has 4 rings (SSSR count). The summed E-state index contributed by atoms with van der Waals surface area (Å²) in [5.74, 6) is 0.481. The Labute approximate surface area is 188 Å². The molecule has 1 N–H and O–H groups in total. The molecule has 170 valence electrons. The normalized spacial score (nSPS) is 17.2. The van der Waals surface area contributed by atoms with E-state index in [-0.39, 0.29) is 30.8 Å². The summed E-state index contributed by atoms with van der Waals surface area (Å²) < 4.78 is 5.95. The van der Waals surface area contributed by atoms with E-state index < -0.39 is 5.54 Å². The molecule has 7 heteroatoms. The molecule has 1 spiro atoms. The van der Waals surface area contributed by atoms with Gasteiger partial charge in [-0.2, -0.15) is 0 Å². The first-order valence-electron chi connectivity index (χ1n) is 11.5. The van der Waals surface area contributed by atoms with Gasteiger partial charge in [-0.25, -0.2) is 4.79 Å². The molecule has 2 aromatic rings. The van der Waals surface area contributed by atoms with Gasteiger partial charge in [0.25, 0.3) is 5.91 Å². The van der Waals surface area contributed by atoms with Crippen molar-refractivity contribution in [3.8, 4) is 5.75 Å². The summed E-state index contributed by atoms with van der Waals surface area (Å²) in [5.41, 5.74) is 0.229. The zero-order chi connectivity index (χ0) is 22.7. The molecule has 1 heterocycles. The van der Waals surface area contributed by atoms with Crippen LogP contribution >= 0.6 is 0 Å². The van der Waals surface area contributed by atoms with Gasteiger partial charge in [0.05, 0.1) is 6.61 Å². The molecule has 7 nitrogen and oxygen atoms in total. The van der Waals surface area contributed by atoms with Crippen molar-refractivity contribution in [1.29, 1.82) is 0 Å². The maximum Gasteiger partial charge on any atom is 0.325 e. The topological polar surface area (TPSA) is 79.0 Å². The summed E-state index contributed by atoms with van der Waals surface area (Å²) in [4.78, 5) is 40.9. The van der Waals surface area contributed by atoms with Crippen LogP contribution in [-0.4, -0.2) is 53.4 Å². The molecule has 1 saturated carbocycles. The van der Waals surface area contributed by atoms with E-state index in [9.17, 15) is 14.4 Å². The molecule has 2 aliphatic rings. The number of imide groups is 1. The summed E-state index contributed by atoms with van der Waals surface area (Å²) in [6, 6.07) is 11.7. The molecule has 4 amide bonds. The molecule has 2 fully saturated rings. The lowest BCUT2D eigenvalue weighted by atomic mass is 9.98. The van der Waals surface area contributed by atoms with Crippen LogP contribution in [0.15, 0.2) is 36.4 Å². The quantitative estimate of drug-likeness (QED) is 0.637. The van der Waals surface area contributed by atoms with Crippen molar-refractivity contribution in [2.24, 2.45) is 0 Å². The highest BCUT2D eigenvalue weighted by molar-refractivity contribution is 6.07. The largest absolute Gasteiger partial charge is 0.493 e. The molecule has 0 unspecified atom stereocenters. The van der Waals surface area contributed by atoms with Crippen LogP contribution in [0.3, 0.4) is 0 Å². The van der Waals surface area contributed by atoms with Gasteiger partial charge in [-0.1, -0.05) is 50.1 Å². The minimum atomic E-state index is -0.736. The fourth-order valence-electron chi connectivity index (χ4n) is 4.75. The van der Waals surface area contributed by atoms with E-state index in [4.69, 9.17) is 4.74 Å². The number of ether oxygens (including phenoxy) is 1. The highest BCUT2D eigenvalue weighted by Crippen LogP contribution is 2.35. The van der Waals surface area contributed by atoms with Gasteiger partial charge in [0.2, 0.25) is 5.91 Å². The maximum atomic E-state index is 12.9. The van der Waals surface area contributed by atoms with E-state index in [1.807, 2.05) is 36.4 Å². The van der Waals surface area contributed by atoms with E-state index in [0.29, 0.717) is 26.0 Å². The molecular weight excluding hydrogens is 406 g/mol. The first kappa shape index (κ1) is 22.1. The molecule has 0 atom stereocenters. The third-order valence-electron chi connectivity index (χ3n) is 6.53. The minimum Gasteiger partial charge on any atom is -0.493 e. The Balaban J connectivity index is 1.44. The summed E-state index contributed by atoms with van der Waals surface area (Å²) >= 11 is 0. The first-order chi connectivity index (χ1) is 15.4. The second kappa shape index (κ2) is 9.18. The summed E-state index contributed by atoms with van der Waals surface area (Å²) in [6.45, 7) is 3.16. The summed E-state index contributed by atoms with van der Waals surface area (Å²) in [7, 11) is 1.75. The van der Waals surface area contributed by atoms with E-state index in [1.54, 1.807) is 11.9 Å². The number of amides is 4. The standard InChI is InChI=1S/C25H31N3O4/c1-3-16-32-21-11-10-18-8-4-5-9-19(18)20(21)17-27(2)22(29)12-15-28-23(30)25(26-24(28)31)13-6-7-14-25/h4-5,8-11H,3,6-7,12-17H2,1-2H3,(H,26,31). The second-order valence-electron chi connectivity index (χ2n) is 8.79. The number of nitrogens with one attached hydrogen (secondary N) is 1. The predicted molar refractivity (Wildman–Crippen MR) is 122 cm³/mol. The molecule has 1 aliphatic carbocycles. The van der Waals surface area contributed by atoms with Crippen LogP contribution in [0.25, 0.3) is 10.8 Å². The van der Waals surface area contributed by atoms with E-state index in [2.05, 4.69) is 12.2 Å². The van der Waals surface area contributed by atoms with E-state index in [1.165, 1.54) is 4.90 Å². The van der Waals surface area contributed by atoms with Crippen LogP contribution in [0.1, 0.15) is 51.0 Å². The highest BCUT2D eigenvalue weighted by Gasteiger charge is 2.52. The minimum absolute atomic E-state index is 0.0989. The fraction of sp³-hybridized carbons (Fsp3) is 0.480. The Morgan fingerprint density at radius 1 is 1.16 bits per heavy atom. The van der Waals surface area contributed by atoms with Crippen molar-refractivity contribution in [2.45, 2.75) is 57.5 Å². The van der Waals surface area contributed by atoms with Crippen molar-refractivity contribution in [3.05, 3.63) is 42.0 Å². The predicted octanol–water partition coefficient (Wildman–Crippen LogP) is 3.84. The molecule has 32 heavy (non-hydrogen) atoms. The van der Waals surface area contributed by atoms with Crippen LogP contribution in [-0.2, 0) is 16.1 Å². The molecule has 1 saturated heterocycles. The Hall–Kier alpha value is -3.09. The number of carbonyl (C=O) groups excluding carboxylic acids is 3. The van der Waals surface area contributed by atoms with E-state index in [0.717, 1.165) is 41.3 Å². The Morgan fingerprint density at radius 2 is 1.91 bits per heavy atom. The van der Waals surface area contributed by atoms with Crippen molar-refractivity contribution in [3.63, 3.8) is 0 Å². The lowest BCUT2D eigenvalue weighted by Gasteiger charge is -2.22. The van der Waals surface area contributed by atoms with Crippen LogP contribution < -0.4 is 10.1 Å². The maximum absolute atomic E-state index is 12.9. The van der Waals surface area contributed by atoms with Crippen molar-refractivity contribution >= 4 is 28.6 Å². The number of nitrogens with zero attached hydrogens (tertiary/aromatic N) is 2. The number of rotatable bonds is 8. The average Bonchev–Trinajstić information content (AvgIpc) is 3.36. The first-order valence-corrected chi connectivity index (χ1v) is 11.5. The summed E-state index contributed by atoms with van der Waals surface area (Å²) in [6.07, 6.45) is 4.24. The van der Waals surface area contributed by atoms with Crippen LogP contribution in [0.5, 0.6) is 5.75 Å². The number of hydrogen-bond donors (Lipinski definition) is 1. The number of benzene rings is 2. The number of carbonyl (C=O) groups is 3. The van der Waals surface area contributed by atoms with Gasteiger partial charge in [0, 0.05) is 32.1 Å². The molecule has 0 bridgehead atoms. The SMILES string of the molecule is CCCOc1ccc2ccccc2c1CN(C)C(=O)CCN1C(=O)NC2(CCCC2)C1=O. The average molecular weight is 438 g/mol. The highest BCUT2D eigenvalue weighted by atomic mass is 16.5. The molecule has 0 radical (unpaired) electrons. The Morgan fingerprint density at radius 3 is 2.66 bits per heavy atom. The second-order valence-corrected chi connectivity index (χ2v) is 8.79.